The quantitative estimate of drug-likeness (QED) is 0.199. The van der Waals surface area contributed by atoms with E-state index in [1.165, 1.54) is 6.33 Å². The molecule has 1 aliphatic carbocycles. The lowest BCUT2D eigenvalue weighted by molar-refractivity contribution is -0.210. The second-order valence-corrected chi connectivity index (χ2v) is 10.7. The van der Waals surface area contributed by atoms with Crippen LogP contribution in [-0.4, -0.2) is 49.2 Å². The predicted octanol–water partition coefficient (Wildman–Crippen LogP) is 6.30. The number of aliphatic hydroxyl groups is 1. The van der Waals surface area contributed by atoms with Gasteiger partial charge in [-0.25, -0.2) is 15.0 Å². The summed E-state index contributed by atoms with van der Waals surface area (Å²) >= 11 is 6.26. The molecule has 38 heavy (non-hydrogen) atoms. The molecule has 1 aliphatic rings. The van der Waals surface area contributed by atoms with E-state index < -0.39 is 18.5 Å². The molecule has 0 aliphatic heterocycles. The topological polar surface area (TPSA) is 85.1 Å². The van der Waals surface area contributed by atoms with Crippen molar-refractivity contribution in [2.75, 3.05) is 11.9 Å². The van der Waals surface area contributed by atoms with Gasteiger partial charge < -0.3 is 19.7 Å². The highest BCUT2D eigenvalue weighted by Gasteiger charge is 2.39. The fourth-order valence-electron chi connectivity index (χ4n) is 5.29. The SMILES string of the molecule is CC(C)(O)O[C@@H]1C[C@@H](CCc2ccc3ccc(NCC(F)(F)F)nc3c2)C[C@H]1n1ccc2c(Cl)ncnc21. The molecule has 2 N–H and O–H groups in total. The van der Waals surface area contributed by atoms with Crippen molar-refractivity contribution in [1.82, 2.24) is 19.5 Å². The minimum atomic E-state index is -4.31. The van der Waals surface area contributed by atoms with Gasteiger partial charge in [0.2, 0.25) is 0 Å². The Balaban J connectivity index is 1.31. The summed E-state index contributed by atoms with van der Waals surface area (Å²) in [6.07, 6.45) is 2.13. The maximum atomic E-state index is 12.6. The molecule has 202 valence electrons. The van der Waals surface area contributed by atoms with E-state index in [4.69, 9.17) is 16.3 Å². The Morgan fingerprint density at radius 3 is 2.68 bits per heavy atom. The van der Waals surface area contributed by atoms with Gasteiger partial charge in [-0.3, -0.25) is 0 Å². The number of nitrogens with zero attached hydrogens (tertiary/aromatic N) is 4. The first-order valence-corrected chi connectivity index (χ1v) is 12.9. The maximum absolute atomic E-state index is 12.6. The monoisotopic (exact) mass is 547 g/mol. The van der Waals surface area contributed by atoms with Crippen LogP contribution in [0.2, 0.25) is 5.15 Å². The van der Waals surface area contributed by atoms with Gasteiger partial charge in [0, 0.05) is 11.6 Å². The van der Waals surface area contributed by atoms with Gasteiger partial charge in [-0.1, -0.05) is 23.7 Å². The van der Waals surface area contributed by atoms with Crippen LogP contribution in [0.4, 0.5) is 19.0 Å². The number of alkyl halides is 3. The first-order chi connectivity index (χ1) is 17.9. The van der Waals surface area contributed by atoms with Crippen molar-refractivity contribution in [2.24, 2.45) is 5.92 Å². The third-order valence-electron chi connectivity index (χ3n) is 6.90. The molecule has 7 nitrogen and oxygen atoms in total. The zero-order chi connectivity index (χ0) is 27.1. The van der Waals surface area contributed by atoms with Crippen molar-refractivity contribution in [3.05, 3.63) is 59.6 Å². The predicted molar refractivity (Wildman–Crippen MR) is 140 cm³/mol. The Morgan fingerprint density at radius 2 is 1.92 bits per heavy atom. The number of hydrogen-bond acceptors (Lipinski definition) is 6. The molecule has 11 heteroatoms. The summed E-state index contributed by atoms with van der Waals surface area (Å²) in [5, 5.41) is 14.8. The fraction of sp³-hybridized carbons (Fsp3) is 0.444. The van der Waals surface area contributed by atoms with Gasteiger partial charge in [0.05, 0.1) is 23.0 Å². The number of aryl methyl sites for hydroxylation is 1. The van der Waals surface area contributed by atoms with Gasteiger partial charge >= 0.3 is 6.18 Å². The number of rotatable bonds is 8. The summed E-state index contributed by atoms with van der Waals surface area (Å²) in [7, 11) is 0. The first kappa shape index (κ1) is 26.6. The lowest BCUT2D eigenvalue weighted by atomic mass is 9.97. The molecule has 3 atom stereocenters. The van der Waals surface area contributed by atoms with Gasteiger partial charge in [0.15, 0.2) is 5.79 Å². The van der Waals surface area contributed by atoms with E-state index in [0.29, 0.717) is 16.6 Å². The summed E-state index contributed by atoms with van der Waals surface area (Å²) in [5.41, 5.74) is 2.44. The van der Waals surface area contributed by atoms with Crippen LogP contribution in [0.3, 0.4) is 0 Å². The van der Waals surface area contributed by atoms with Crippen LogP contribution in [0.15, 0.2) is 48.9 Å². The van der Waals surface area contributed by atoms with Crippen LogP contribution in [0.5, 0.6) is 0 Å². The minimum absolute atomic E-state index is 0.0320. The Labute approximate surface area is 223 Å². The number of aromatic nitrogens is 4. The van der Waals surface area contributed by atoms with E-state index in [0.717, 1.165) is 47.7 Å². The molecule has 0 unspecified atom stereocenters. The zero-order valence-corrected chi connectivity index (χ0v) is 21.8. The molecule has 0 spiro atoms. The lowest BCUT2D eigenvalue weighted by Gasteiger charge is -2.28. The third-order valence-corrected chi connectivity index (χ3v) is 7.20. The third kappa shape index (κ3) is 6.19. The maximum Gasteiger partial charge on any atom is 0.405 e. The van der Waals surface area contributed by atoms with Crippen molar-refractivity contribution >= 4 is 39.4 Å². The molecule has 0 saturated heterocycles. The molecule has 1 fully saturated rings. The van der Waals surface area contributed by atoms with Crippen LogP contribution in [0.25, 0.3) is 21.9 Å². The van der Waals surface area contributed by atoms with Gasteiger partial charge in [0.1, 0.15) is 29.5 Å². The molecule has 0 radical (unpaired) electrons. The number of nitrogens with one attached hydrogen (secondary N) is 1. The molecule has 0 bridgehead atoms. The second kappa shape index (κ2) is 10.3. The van der Waals surface area contributed by atoms with Gasteiger partial charge in [-0.05, 0) is 75.3 Å². The molecule has 5 rings (SSSR count). The summed E-state index contributed by atoms with van der Waals surface area (Å²) in [5.74, 6) is -0.763. The molecule has 1 aromatic carbocycles. The molecule has 1 saturated carbocycles. The highest BCUT2D eigenvalue weighted by atomic mass is 35.5. The molecular weight excluding hydrogens is 519 g/mol. The van der Waals surface area contributed by atoms with E-state index in [-0.39, 0.29) is 18.0 Å². The van der Waals surface area contributed by atoms with E-state index >= 15 is 0 Å². The zero-order valence-electron chi connectivity index (χ0n) is 21.0. The van der Waals surface area contributed by atoms with Crippen molar-refractivity contribution < 1.29 is 23.0 Å². The first-order valence-electron chi connectivity index (χ1n) is 12.5. The van der Waals surface area contributed by atoms with E-state index in [1.54, 1.807) is 26.0 Å². The number of fused-ring (bicyclic) bond motifs is 2. The van der Waals surface area contributed by atoms with Crippen molar-refractivity contribution in [1.29, 1.82) is 0 Å². The smallest absolute Gasteiger partial charge is 0.366 e. The van der Waals surface area contributed by atoms with Gasteiger partial charge in [-0.2, -0.15) is 13.2 Å². The average Bonchev–Trinajstić information content (AvgIpc) is 3.44. The molecule has 4 aromatic rings. The van der Waals surface area contributed by atoms with E-state index in [1.807, 2.05) is 30.5 Å². The number of hydrogen-bond donors (Lipinski definition) is 2. The number of halogens is 4. The summed E-state index contributed by atoms with van der Waals surface area (Å²) in [6.45, 7) is 2.13. The highest BCUT2D eigenvalue weighted by Crippen LogP contribution is 2.42. The van der Waals surface area contributed by atoms with Crippen LogP contribution in [0, 0.1) is 5.92 Å². The molecular formula is C27H29ClF3N5O2. The molecule has 3 aromatic heterocycles. The Hall–Kier alpha value is -2.95. The Bertz CT molecular complexity index is 1440. The number of pyridine rings is 1. The molecule has 0 amide bonds. The van der Waals surface area contributed by atoms with E-state index in [9.17, 15) is 18.3 Å². The standard InChI is InChI=1S/C27H29ClF3N5O2/c1-26(2,37)38-22-13-17(12-21(22)36-10-9-19-24(28)33-15-34-25(19)36)4-3-16-5-6-18-7-8-23(35-20(18)11-16)32-14-27(29,30)31/h5-11,15,17,21-22,37H,3-4,12-14H2,1-2H3,(H,32,35)/t17-,21+,22+/m0/s1. The van der Waals surface area contributed by atoms with Crippen LogP contribution < -0.4 is 5.32 Å². The van der Waals surface area contributed by atoms with Crippen molar-refractivity contribution in [3.8, 4) is 0 Å². The number of ether oxygens (including phenoxy) is 1. The fourth-order valence-corrected chi connectivity index (χ4v) is 5.48. The van der Waals surface area contributed by atoms with Gasteiger partial charge in [0.25, 0.3) is 0 Å². The van der Waals surface area contributed by atoms with Crippen molar-refractivity contribution in [3.63, 3.8) is 0 Å². The highest BCUT2D eigenvalue weighted by molar-refractivity contribution is 6.33. The Morgan fingerprint density at radius 1 is 1.13 bits per heavy atom. The Kier molecular flexibility index (Phi) is 7.23. The van der Waals surface area contributed by atoms with E-state index in [2.05, 4.69) is 24.8 Å². The van der Waals surface area contributed by atoms with Gasteiger partial charge in [-0.15, -0.1) is 0 Å². The lowest BCUT2D eigenvalue weighted by Crippen LogP contribution is -2.33. The summed E-state index contributed by atoms with van der Waals surface area (Å²) in [6, 6.07) is 11.1. The number of anilines is 1. The largest absolute Gasteiger partial charge is 0.405 e. The normalized spacial score (nSPS) is 20.4. The number of benzene rings is 1. The van der Waals surface area contributed by atoms with Crippen LogP contribution >= 0.6 is 11.6 Å². The minimum Gasteiger partial charge on any atom is -0.366 e. The average molecular weight is 548 g/mol. The van der Waals surface area contributed by atoms with Crippen molar-refractivity contribution in [2.45, 2.75) is 63.6 Å². The second-order valence-electron chi connectivity index (χ2n) is 10.4. The van der Waals surface area contributed by atoms with Crippen LogP contribution in [-0.2, 0) is 11.2 Å². The molecule has 3 heterocycles. The summed E-state index contributed by atoms with van der Waals surface area (Å²) < 4.78 is 45.9. The van der Waals surface area contributed by atoms with Crippen LogP contribution in [0.1, 0.15) is 44.7 Å². The summed E-state index contributed by atoms with van der Waals surface area (Å²) in [4.78, 5) is 12.9.